The van der Waals surface area contributed by atoms with Crippen molar-refractivity contribution >= 4 is 46.7 Å². The van der Waals surface area contributed by atoms with Gasteiger partial charge in [-0.2, -0.15) is 0 Å². The molecule has 0 radical (unpaired) electrons. The fourth-order valence-electron chi connectivity index (χ4n) is 3.42. The maximum Gasteiger partial charge on any atom is 0.236 e. The SMILES string of the molecule is O=C(CSc1nnc(-c2ccco2)n1C1CCCCC1)Nc1ncc(Cl)cc1Cl. The van der Waals surface area contributed by atoms with Gasteiger partial charge in [0, 0.05) is 12.2 Å². The molecule has 1 saturated carbocycles. The van der Waals surface area contributed by atoms with Gasteiger partial charge in [-0.3, -0.25) is 9.36 Å². The van der Waals surface area contributed by atoms with Crippen molar-refractivity contribution in [3.05, 3.63) is 40.7 Å². The molecular weight excluding hydrogens is 433 g/mol. The van der Waals surface area contributed by atoms with Crippen LogP contribution in [-0.2, 0) is 4.79 Å². The summed E-state index contributed by atoms with van der Waals surface area (Å²) in [6.07, 6.45) is 8.78. The summed E-state index contributed by atoms with van der Waals surface area (Å²) < 4.78 is 7.66. The summed E-state index contributed by atoms with van der Waals surface area (Å²) in [5.41, 5.74) is 0. The lowest BCUT2D eigenvalue weighted by atomic mass is 9.95. The van der Waals surface area contributed by atoms with Crippen LogP contribution in [-0.4, -0.2) is 31.4 Å². The quantitative estimate of drug-likeness (QED) is 0.499. The van der Waals surface area contributed by atoms with Gasteiger partial charge in [-0.15, -0.1) is 10.2 Å². The highest BCUT2D eigenvalue weighted by Crippen LogP contribution is 2.35. The minimum absolute atomic E-state index is 0.156. The first kappa shape index (κ1) is 20.3. The zero-order chi connectivity index (χ0) is 20.2. The molecule has 3 aromatic rings. The number of hydrogen-bond acceptors (Lipinski definition) is 6. The Kier molecular flexibility index (Phi) is 6.42. The van der Waals surface area contributed by atoms with Crippen LogP contribution in [0.5, 0.6) is 0 Å². The molecule has 0 aromatic carbocycles. The van der Waals surface area contributed by atoms with E-state index in [1.54, 1.807) is 6.26 Å². The van der Waals surface area contributed by atoms with Crippen molar-refractivity contribution in [1.82, 2.24) is 19.7 Å². The van der Waals surface area contributed by atoms with Crippen molar-refractivity contribution in [2.75, 3.05) is 11.1 Å². The summed E-state index contributed by atoms with van der Waals surface area (Å²) in [6, 6.07) is 5.54. The highest BCUT2D eigenvalue weighted by atomic mass is 35.5. The van der Waals surface area contributed by atoms with Crippen LogP contribution in [0, 0.1) is 0 Å². The molecule has 3 heterocycles. The number of furan rings is 1. The molecule has 29 heavy (non-hydrogen) atoms. The molecule has 3 aromatic heterocycles. The maximum atomic E-state index is 12.4. The highest BCUT2D eigenvalue weighted by Gasteiger charge is 2.25. The van der Waals surface area contributed by atoms with E-state index in [1.165, 1.54) is 43.3 Å². The van der Waals surface area contributed by atoms with E-state index in [2.05, 4.69) is 25.1 Å². The van der Waals surface area contributed by atoms with E-state index >= 15 is 0 Å². The summed E-state index contributed by atoms with van der Waals surface area (Å²) in [6.45, 7) is 0. The van der Waals surface area contributed by atoms with E-state index in [0.29, 0.717) is 32.8 Å². The van der Waals surface area contributed by atoms with Crippen molar-refractivity contribution in [2.24, 2.45) is 0 Å². The van der Waals surface area contributed by atoms with Crippen LogP contribution >= 0.6 is 35.0 Å². The molecule has 0 unspecified atom stereocenters. The van der Waals surface area contributed by atoms with Crippen molar-refractivity contribution in [3.8, 4) is 11.6 Å². The number of nitrogens with one attached hydrogen (secondary N) is 1. The van der Waals surface area contributed by atoms with Gasteiger partial charge in [0.05, 0.1) is 22.1 Å². The number of amides is 1. The molecule has 7 nitrogen and oxygen atoms in total. The molecule has 1 N–H and O–H groups in total. The molecule has 152 valence electrons. The molecule has 0 aliphatic heterocycles. The summed E-state index contributed by atoms with van der Waals surface area (Å²) in [4.78, 5) is 16.5. The number of pyridine rings is 1. The first-order valence-electron chi connectivity index (χ1n) is 9.34. The second-order valence-corrected chi connectivity index (χ2v) is 8.55. The smallest absolute Gasteiger partial charge is 0.236 e. The van der Waals surface area contributed by atoms with Gasteiger partial charge >= 0.3 is 0 Å². The van der Waals surface area contributed by atoms with Gasteiger partial charge in [0.2, 0.25) is 11.7 Å². The Bertz CT molecular complexity index is 987. The Hall–Kier alpha value is -2.03. The number of nitrogens with zero attached hydrogens (tertiary/aromatic N) is 4. The molecule has 1 fully saturated rings. The molecule has 10 heteroatoms. The maximum absolute atomic E-state index is 12.4. The normalized spacial score (nSPS) is 14.8. The zero-order valence-corrected chi connectivity index (χ0v) is 17.8. The third kappa shape index (κ3) is 4.76. The summed E-state index contributed by atoms with van der Waals surface area (Å²) >= 11 is 13.2. The van der Waals surface area contributed by atoms with Crippen LogP contribution < -0.4 is 5.32 Å². The molecule has 1 amide bonds. The number of carbonyl (C=O) groups excluding carboxylic acids is 1. The number of carbonyl (C=O) groups is 1. The van der Waals surface area contributed by atoms with Gasteiger partial charge in [-0.05, 0) is 31.0 Å². The minimum atomic E-state index is -0.232. The number of halogens is 2. The largest absolute Gasteiger partial charge is 0.461 e. The van der Waals surface area contributed by atoms with Crippen molar-refractivity contribution in [3.63, 3.8) is 0 Å². The van der Waals surface area contributed by atoms with Gasteiger partial charge in [0.15, 0.2) is 16.7 Å². The van der Waals surface area contributed by atoms with E-state index in [-0.39, 0.29) is 17.5 Å². The second kappa shape index (κ2) is 9.19. The highest BCUT2D eigenvalue weighted by molar-refractivity contribution is 7.99. The van der Waals surface area contributed by atoms with E-state index in [9.17, 15) is 4.79 Å². The Balaban J connectivity index is 1.50. The molecule has 0 atom stereocenters. The van der Waals surface area contributed by atoms with Crippen molar-refractivity contribution in [2.45, 2.75) is 43.3 Å². The summed E-state index contributed by atoms with van der Waals surface area (Å²) in [5.74, 6) is 1.59. The Morgan fingerprint density at radius 1 is 1.28 bits per heavy atom. The van der Waals surface area contributed by atoms with Gasteiger partial charge < -0.3 is 9.73 Å². The molecule has 1 aliphatic rings. The number of hydrogen-bond donors (Lipinski definition) is 1. The van der Waals surface area contributed by atoms with Gasteiger partial charge in [-0.25, -0.2) is 4.98 Å². The molecule has 0 spiro atoms. The van der Waals surface area contributed by atoms with Crippen LogP contribution in [0.2, 0.25) is 10.0 Å². The van der Waals surface area contributed by atoms with Crippen molar-refractivity contribution in [1.29, 1.82) is 0 Å². The van der Waals surface area contributed by atoms with Gasteiger partial charge in [0.25, 0.3) is 0 Å². The van der Waals surface area contributed by atoms with E-state index in [0.717, 1.165) is 12.8 Å². The van der Waals surface area contributed by atoms with Crippen LogP contribution in [0.25, 0.3) is 11.6 Å². The number of rotatable bonds is 6. The Labute approximate surface area is 182 Å². The summed E-state index contributed by atoms with van der Waals surface area (Å²) in [5, 5.41) is 12.8. The Morgan fingerprint density at radius 3 is 2.83 bits per heavy atom. The Morgan fingerprint density at radius 2 is 2.10 bits per heavy atom. The molecule has 0 saturated heterocycles. The lowest BCUT2D eigenvalue weighted by molar-refractivity contribution is -0.113. The predicted molar refractivity (Wildman–Crippen MR) is 113 cm³/mol. The molecular formula is C19H19Cl2N5O2S. The molecule has 1 aliphatic carbocycles. The first-order valence-corrected chi connectivity index (χ1v) is 11.1. The topological polar surface area (TPSA) is 85.8 Å². The number of thioether (sulfide) groups is 1. The summed E-state index contributed by atoms with van der Waals surface area (Å²) in [7, 11) is 0. The lowest BCUT2D eigenvalue weighted by Gasteiger charge is -2.25. The predicted octanol–water partition coefficient (Wildman–Crippen LogP) is 5.48. The standard InChI is InChI=1S/C19H19Cl2N5O2S/c20-12-9-14(21)17(22-10-12)23-16(27)11-29-19-25-24-18(15-7-4-8-28-15)26(19)13-5-2-1-3-6-13/h4,7-10,13H,1-3,5-6,11H2,(H,22,23,27). The zero-order valence-electron chi connectivity index (χ0n) is 15.5. The van der Waals surface area contributed by atoms with Crippen molar-refractivity contribution < 1.29 is 9.21 Å². The monoisotopic (exact) mass is 451 g/mol. The molecule has 0 bridgehead atoms. The van der Waals surface area contributed by atoms with Crippen LogP contribution in [0.4, 0.5) is 5.82 Å². The third-order valence-electron chi connectivity index (χ3n) is 4.74. The van der Waals surface area contributed by atoms with Crippen LogP contribution in [0.3, 0.4) is 0 Å². The third-order valence-corrected chi connectivity index (χ3v) is 6.18. The van der Waals surface area contributed by atoms with Crippen LogP contribution in [0.15, 0.2) is 40.2 Å². The van der Waals surface area contributed by atoms with Gasteiger partial charge in [-0.1, -0.05) is 54.2 Å². The number of aromatic nitrogens is 4. The minimum Gasteiger partial charge on any atom is -0.461 e. The van der Waals surface area contributed by atoms with E-state index in [4.69, 9.17) is 27.6 Å². The van der Waals surface area contributed by atoms with Crippen LogP contribution in [0.1, 0.15) is 38.1 Å². The number of anilines is 1. The second-order valence-electron chi connectivity index (χ2n) is 6.77. The first-order chi connectivity index (χ1) is 14.1. The fourth-order valence-corrected chi connectivity index (χ4v) is 4.66. The van der Waals surface area contributed by atoms with E-state index < -0.39 is 0 Å². The molecule has 4 rings (SSSR count). The average Bonchev–Trinajstić information content (AvgIpc) is 3.38. The van der Waals surface area contributed by atoms with E-state index in [1.807, 2.05) is 12.1 Å². The average molecular weight is 452 g/mol. The van der Waals surface area contributed by atoms with Gasteiger partial charge in [0.1, 0.15) is 0 Å². The lowest BCUT2D eigenvalue weighted by Crippen LogP contribution is -2.18. The fraction of sp³-hybridized carbons (Fsp3) is 0.368.